The van der Waals surface area contributed by atoms with E-state index in [0.717, 1.165) is 25.1 Å². The second-order valence-electron chi connectivity index (χ2n) is 7.86. The van der Waals surface area contributed by atoms with Crippen LogP contribution in [0.3, 0.4) is 0 Å². The summed E-state index contributed by atoms with van der Waals surface area (Å²) in [7, 11) is -4.81. The van der Waals surface area contributed by atoms with Crippen molar-refractivity contribution in [2.24, 2.45) is 0 Å². The molecule has 190 valence electrons. The van der Waals surface area contributed by atoms with Gasteiger partial charge in [0.25, 0.3) is 21.8 Å². The van der Waals surface area contributed by atoms with Crippen molar-refractivity contribution in [2.45, 2.75) is 37.1 Å². The number of anilines is 1. The number of amides is 4. The van der Waals surface area contributed by atoms with Crippen molar-refractivity contribution in [1.29, 1.82) is 0 Å². The van der Waals surface area contributed by atoms with Crippen molar-refractivity contribution in [3.05, 3.63) is 52.8 Å². The fraction of sp³-hybridized carbons (Fsp3) is 0.238. The number of rotatable bonds is 5. The maximum Gasteiger partial charge on any atom is 0.573 e. The Hall–Kier alpha value is -4.01. The van der Waals surface area contributed by atoms with Gasteiger partial charge in [-0.25, -0.2) is 12.8 Å². The number of hydrogen-bond donors (Lipinski definition) is 2. The van der Waals surface area contributed by atoms with Gasteiger partial charge in [0, 0.05) is 17.7 Å². The molecule has 36 heavy (non-hydrogen) atoms. The largest absolute Gasteiger partial charge is 0.573 e. The Morgan fingerprint density at radius 2 is 1.72 bits per heavy atom. The monoisotopic (exact) mass is 529 g/mol. The van der Waals surface area contributed by atoms with E-state index in [-0.39, 0.29) is 29.7 Å². The summed E-state index contributed by atoms with van der Waals surface area (Å²) < 4.78 is 83.8. The van der Waals surface area contributed by atoms with Gasteiger partial charge in [0.05, 0.1) is 11.1 Å². The van der Waals surface area contributed by atoms with Crippen molar-refractivity contribution >= 4 is 39.3 Å². The van der Waals surface area contributed by atoms with Crippen LogP contribution in [0.2, 0.25) is 0 Å². The summed E-state index contributed by atoms with van der Waals surface area (Å²) in [6.45, 7) is 0.901. The van der Waals surface area contributed by atoms with Crippen LogP contribution in [0, 0.1) is 12.7 Å². The summed E-state index contributed by atoms with van der Waals surface area (Å²) in [6.07, 6.45) is -5.52. The molecule has 2 N–H and O–H groups in total. The van der Waals surface area contributed by atoms with Gasteiger partial charge in [-0.05, 0) is 43.7 Å². The van der Waals surface area contributed by atoms with Crippen molar-refractivity contribution in [1.82, 2.24) is 10.2 Å². The number of carbonyl (C=O) groups is 4. The van der Waals surface area contributed by atoms with Gasteiger partial charge in [-0.1, -0.05) is 0 Å². The lowest BCUT2D eigenvalue weighted by molar-refractivity contribution is -0.275. The van der Waals surface area contributed by atoms with Crippen molar-refractivity contribution in [3.63, 3.8) is 0 Å². The van der Waals surface area contributed by atoms with Crippen molar-refractivity contribution in [3.8, 4) is 5.75 Å². The molecule has 4 rings (SSSR count). The number of fused-ring (bicyclic) bond motifs is 1. The smallest absolute Gasteiger partial charge is 0.404 e. The number of alkyl halides is 3. The highest BCUT2D eigenvalue weighted by Crippen LogP contribution is 2.36. The highest BCUT2D eigenvalue weighted by molar-refractivity contribution is 7.92. The van der Waals surface area contributed by atoms with Gasteiger partial charge in [-0.2, -0.15) is 0 Å². The molecule has 4 amide bonds. The number of piperidine rings is 1. The molecule has 2 aromatic rings. The summed E-state index contributed by atoms with van der Waals surface area (Å²) in [4.78, 5) is 48.8. The Labute approximate surface area is 200 Å². The molecule has 1 saturated heterocycles. The predicted molar refractivity (Wildman–Crippen MR) is 112 cm³/mol. The number of sulfonamides is 1. The molecule has 2 aliphatic heterocycles. The molecule has 0 saturated carbocycles. The van der Waals surface area contributed by atoms with Gasteiger partial charge in [0.15, 0.2) is 5.75 Å². The standard InChI is InChI=1S/C21H15F4N3O7S/c1-9-13(22)4-6-15(17(9)35-21(23,24)25)36(33,34)27-10-2-3-11-12(8-10)20(32)28(19(11)31)14-5-7-16(29)26-18(14)30/h2-4,6,8,14,27H,5,7H2,1H3,(H,26,29,30). The molecule has 2 aromatic carbocycles. The number of nitrogens with one attached hydrogen (secondary N) is 2. The minimum absolute atomic E-state index is 0.0957. The first-order chi connectivity index (χ1) is 16.7. The predicted octanol–water partition coefficient (Wildman–Crippen LogP) is 2.23. The van der Waals surface area contributed by atoms with Crippen LogP contribution in [0.4, 0.5) is 23.2 Å². The maximum absolute atomic E-state index is 13.8. The van der Waals surface area contributed by atoms with E-state index in [9.17, 15) is 45.2 Å². The number of ether oxygens (including phenoxy) is 1. The first-order valence-electron chi connectivity index (χ1n) is 10.1. The quantitative estimate of drug-likeness (QED) is 0.447. The van der Waals surface area contributed by atoms with E-state index >= 15 is 0 Å². The molecule has 0 radical (unpaired) electrons. The third-order valence-electron chi connectivity index (χ3n) is 5.50. The first-order valence-corrected chi connectivity index (χ1v) is 11.6. The number of halogens is 4. The summed E-state index contributed by atoms with van der Waals surface area (Å²) in [5, 5.41) is 2.03. The molecule has 1 atom stereocenters. The first kappa shape index (κ1) is 25.1. The average Bonchev–Trinajstić information content (AvgIpc) is 3.00. The molecule has 1 fully saturated rings. The van der Waals surface area contributed by atoms with E-state index in [0.29, 0.717) is 17.0 Å². The minimum Gasteiger partial charge on any atom is -0.404 e. The normalized spacial score (nSPS) is 18.2. The number of nitrogens with zero attached hydrogens (tertiary/aromatic N) is 1. The molecular formula is C21H15F4N3O7S. The highest BCUT2D eigenvalue weighted by Gasteiger charge is 2.45. The topological polar surface area (TPSA) is 139 Å². The van der Waals surface area contributed by atoms with Crippen LogP contribution in [0.5, 0.6) is 5.75 Å². The lowest BCUT2D eigenvalue weighted by atomic mass is 10.0. The second kappa shape index (κ2) is 8.58. The zero-order valence-electron chi connectivity index (χ0n) is 18.1. The second-order valence-corrected chi connectivity index (χ2v) is 9.51. The van der Waals surface area contributed by atoms with Crippen LogP contribution < -0.4 is 14.8 Å². The molecule has 15 heteroatoms. The number of benzene rings is 2. The fourth-order valence-electron chi connectivity index (χ4n) is 3.84. The fourth-order valence-corrected chi connectivity index (χ4v) is 5.07. The minimum atomic E-state index is -5.32. The van der Waals surface area contributed by atoms with Crippen molar-refractivity contribution < 1.29 is 49.9 Å². The molecule has 10 nitrogen and oxygen atoms in total. The molecule has 2 aliphatic rings. The van der Waals surface area contributed by atoms with E-state index < -0.39 is 68.1 Å². The molecule has 0 bridgehead atoms. The van der Waals surface area contributed by atoms with Gasteiger partial charge in [0.2, 0.25) is 11.8 Å². The Balaban J connectivity index is 1.66. The summed E-state index contributed by atoms with van der Waals surface area (Å²) in [5.41, 5.74) is -1.43. The van der Waals surface area contributed by atoms with E-state index in [4.69, 9.17) is 0 Å². The van der Waals surface area contributed by atoms with Crippen LogP contribution in [-0.2, 0) is 19.6 Å². The van der Waals surface area contributed by atoms with Crippen LogP contribution in [-0.4, -0.2) is 49.4 Å². The lowest BCUT2D eigenvalue weighted by Gasteiger charge is -2.27. The summed E-state index contributed by atoms with van der Waals surface area (Å²) in [6, 6.07) is 3.13. The van der Waals surface area contributed by atoms with Crippen molar-refractivity contribution in [2.75, 3.05) is 4.72 Å². The van der Waals surface area contributed by atoms with Gasteiger partial charge >= 0.3 is 6.36 Å². The summed E-state index contributed by atoms with van der Waals surface area (Å²) >= 11 is 0. The van der Waals surface area contributed by atoms with E-state index in [1.807, 2.05) is 10.0 Å². The average molecular weight is 529 g/mol. The Morgan fingerprint density at radius 3 is 2.36 bits per heavy atom. The Kier molecular flexibility index (Phi) is 5.98. The molecule has 2 heterocycles. The zero-order chi connectivity index (χ0) is 26.6. The third-order valence-corrected chi connectivity index (χ3v) is 6.91. The SMILES string of the molecule is Cc1c(F)ccc(S(=O)(=O)Nc2ccc3c(c2)C(=O)N(C2CCC(=O)NC2=O)C3=O)c1OC(F)(F)F. The molecule has 0 aromatic heterocycles. The van der Waals surface area contributed by atoms with Crippen LogP contribution >= 0.6 is 0 Å². The van der Waals surface area contributed by atoms with Gasteiger partial charge < -0.3 is 4.74 Å². The third kappa shape index (κ3) is 4.48. The lowest BCUT2D eigenvalue weighted by Crippen LogP contribution is -2.54. The van der Waals surface area contributed by atoms with E-state index in [2.05, 4.69) is 4.74 Å². The Bertz CT molecular complexity index is 1440. The van der Waals surface area contributed by atoms with Gasteiger partial charge in [-0.15, -0.1) is 13.2 Å². The van der Waals surface area contributed by atoms with Gasteiger partial charge in [0.1, 0.15) is 16.8 Å². The molecule has 0 aliphatic carbocycles. The number of carbonyl (C=O) groups excluding carboxylic acids is 4. The molecule has 0 spiro atoms. The van der Waals surface area contributed by atoms with Crippen LogP contribution in [0.25, 0.3) is 0 Å². The Morgan fingerprint density at radius 1 is 1.06 bits per heavy atom. The zero-order valence-corrected chi connectivity index (χ0v) is 18.9. The van der Waals surface area contributed by atoms with E-state index in [1.54, 1.807) is 0 Å². The van der Waals surface area contributed by atoms with E-state index in [1.165, 1.54) is 0 Å². The summed E-state index contributed by atoms with van der Waals surface area (Å²) in [5.74, 6) is -5.58. The number of imide groups is 2. The van der Waals surface area contributed by atoms with Crippen LogP contribution in [0.1, 0.15) is 39.1 Å². The molecule has 1 unspecified atom stereocenters. The molecular weight excluding hydrogens is 514 g/mol. The van der Waals surface area contributed by atoms with Crippen LogP contribution in [0.15, 0.2) is 35.2 Å². The van der Waals surface area contributed by atoms with Gasteiger partial charge in [-0.3, -0.25) is 34.1 Å². The number of hydrogen-bond acceptors (Lipinski definition) is 7. The highest BCUT2D eigenvalue weighted by atomic mass is 32.2. The maximum atomic E-state index is 13.8.